The molecule has 1 amide bonds. The summed E-state index contributed by atoms with van der Waals surface area (Å²) >= 11 is 6.40. The number of hydrogen-bond acceptors (Lipinski definition) is 7. The number of nitrogens with two attached hydrogens (primary N) is 1. The van der Waals surface area contributed by atoms with Gasteiger partial charge in [0.15, 0.2) is 0 Å². The van der Waals surface area contributed by atoms with Crippen molar-refractivity contribution in [1.82, 2.24) is 14.5 Å². The van der Waals surface area contributed by atoms with Gasteiger partial charge in [-0.05, 0) is 18.2 Å². The molecule has 0 aliphatic carbocycles. The van der Waals surface area contributed by atoms with Crippen molar-refractivity contribution in [2.24, 2.45) is 10.7 Å². The minimum atomic E-state index is -1.13. The van der Waals surface area contributed by atoms with E-state index >= 15 is 0 Å². The van der Waals surface area contributed by atoms with Gasteiger partial charge < -0.3 is 25.8 Å². The van der Waals surface area contributed by atoms with Crippen LogP contribution >= 0.6 is 11.6 Å². The summed E-state index contributed by atoms with van der Waals surface area (Å²) in [6.45, 7) is 0.241. The number of nitrogens with zero attached hydrogens (tertiary/aromatic N) is 4. The number of carboxylic acids is 1. The number of fused-ring (bicyclic) bond motifs is 1. The van der Waals surface area contributed by atoms with Crippen LogP contribution in [0.4, 0.5) is 5.69 Å². The fraction of sp³-hybridized carbons (Fsp3) is 0.222. The molecule has 0 atom stereocenters. The summed E-state index contributed by atoms with van der Waals surface area (Å²) in [6, 6.07) is 4.76. The zero-order valence-electron chi connectivity index (χ0n) is 15.5. The van der Waals surface area contributed by atoms with Gasteiger partial charge in [-0.25, -0.2) is 9.79 Å². The summed E-state index contributed by atoms with van der Waals surface area (Å²) < 4.78 is 7.84. The standard InChI is InChI=1S/C18H17ClN6O5/c19-11-7-10(1-2-12(11)25-4-3-23(18(25)29)8-13(26)27)24-5-6-30-16-14(17(24)28)15(20)21-9-22-16/h1-4,7,21H,5-6,8-9,20H2,(H,26,27). The number of imidazole rings is 1. The molecule has 0 saturated carbocycles. The van der Waals surface area contributed by atoms with E-state index in [1.807, 2.05) is 0 Å². The van der Waals surface area contributed by atoms with Gasteiger partial charge in [-0.3, -0.25) is 18.7 Å². The molecule has 2 aliphatic heterocycles. The Hall–Kier alpha value is -3.73. The van der Waals surface area contributed by atoms with Crippen molar-refractivity contribution in [3.63, 3.8) is 0 Å². The molecule has 3 heterocycles. The maximum atomic E-state index is 13.0. The van der Waals surface area contributed by atoms with Crippen LogP contribution in [-0.2, 0) is 20.9 Å². The SMILES string of the molecule is NC1=C2C(=O)N(c3ccc(-n4ccn(CC(=O)O)c4=O)c(Cl)c3)CCOC2=NCN1. The third-order valence-electron chi connectivity index (χ3n) is 4.64. The van der Waals surface area contributed by atoms with Gasteiger partial charge in [-0.1, -0.05) is 11.6 Å². The zero-order chi connectivity index (χ0) is 21.4. The molecule has 4 rings (SSSR count). The second-order valence-corrected chi connectivity index (χ2v) is 6.91. The highest BCUT2D eigenvalue weighted by Crippen LogP contribution is 2.28. The number of aliphatic imine (C=N–C) groups is 1. The average Bonchev–Trinajstić information content (AvgIpc) is 2.94. The molecule has 156 valence electrons. The number of carboxylic acid groups (broad SMARTS) is 1. The first-order valence-corrected chi connectivity index (χ1v) is 9.27. The summed E-state index contributed by atoms with van der Waals surface area (Å²) in [6.07, 6.45) is 2.79. The van der Waals surface area contributed by atoms with Gasteiger partial charge in [0.2, 0.25) is 5.90 Å². The molecule has 12 heteroatoms. The number of halogens is 1. The fourth-order valence-corrected chi connectivity index (χ4v) is 3.51. The lowest BCUT2D eigenvalue weighted by atomic mass is 10.1. The molecule has 1 aromatic heterocycles. The van der Waals surface area contributed by atoms with Crippen LogP contribution in [-0.4, -0.2) is 51.8 Å². The molecule has 4 N–H and O–H groups in total. The van der Waals surface area contributed by atoms with Crippen molar-refractivity contribution in [3.05, 3.63) is 57.5 Å². The van der Waals surface area contributed by atoms with Crippen molar-refractivity contribution in [3.8, 4) is 5.69 Å². The van der Waals surface area contributed by atoms with Crippen molar-refractivity contribution in [2.45, 2.75) is 6.54 Å². The number of carbonyl (C=O) groups is 2. The number of amides is 1. The van der Waals surface area contributed by atoms with Gasteiger partial charge in [0, 0.05) is 18.1 Å². The number of nitrogens with one attached hydrogen (secondary N) is 1. The van der Waals surface area contributed by atoms with E-state index in [1.165, 1.54) is 21.9 Å². The fourth-order valence-electron chi connectivity index (χ4n) is 3.24. The number of ether oxygens (including phenoxy) is 1. The van der Waals surface area contributed by atoms with Gasteiger partial charge >= 0.3 is 11.7 Å². The Balaban J connectivity index is 1.68. The number of benzene rings is 1. The lowest BCUT2D eigenvalue weighted by Gasteiger charge is -2.22. The number of rotatable bonds is 4. The summed E-state index contributed by atoms with van der Waals surface area (Å²) in [5, 5.41) is 11.9. The quantitative estimate of drug-likeness (QED) is 0.610. The molecule has 2 aromatic rings. The minimum Gasteiger partial charge on any atom is -0.480 e. The Labute approximate surface area is 174 Å². The molecule has 30 heavy (non-hydrogen) atoms. The largest absolute Gasteiger partial charge is 0.480 e. The van der Waals surface area contributed by atoms with Crippen LogP contribution in [0.25, 0.3) is 5.69 Å². The lowest BCUT2D eigenvalue weighted by Crippen LogP contribution is -2.38. The van der Waals surface area contributed by atoms with Crippen molar-refractivity contribution >= 4 is 35.1 Å². The van der Waals surface area contributed by atoms with E-state index in [9.17, 15) is 14.4 Å². The van der Waals surface area contributed by atoms with Crippen LogP contribution < -0.4 is 21.6 Å². The van der Waals surface area contributed by atoms with Crippen LogP contribution in [0, 0.1) is 0 Å². The molecule has 1 aromatic carbocycles. The molecular weight excluding hydrogens is 416 g/mol. The third-order valence-corrected chi connectivity index (χ3v) is 4.95. The maximum absolute atomic E-state index is 13.0. The van der Waals surface area contributed by atoms with E-state index in [0.29, 0.717) is 11.4 Å². The molecule has 0 spiro atoms. The number of carbonyl (C=O) groups excluding carboxylic acids is 1. The van der Waals surface area contributed by atoms with E-state index in [4.69, 9.17) is 27.2 Å². The minimum absolute atomic E-state index is 0.154. The highest BCUT2D eigenvalue weighted by molar-refractivity contribution is 6.33. The number of aromatic nitrogens is 2. The van der Waals surface area contributed by atoms with Gasteiger partial charge in [0.05, 0.1) is 17.3 Å². The molecule has 1 saturated heterocycles. The van der Waals surface area contributed by atoms with Crippen molar-refractivity contribution in [1.29, 1.82) is 0 Å². The van der Waals surface area contributed by atoms with E-state index in [1.54, 1.807) is 18.2 Å². The monoisotopic (exact) mass is 432 g/mol. The second kappa shape index (κ2) is 7.59. The molecule has 0 bridgehead atoms. The summed E-state index contributed by atoms with van der Waals surface area (Å²) in [4.78, 5) is 41.9. The molecule has 11 nitrogen and oxygen atoms in total. The maximum Gasteiger partial charge on any atom is 0.333 e. The predicted molar refractivity (Wildman–Crippen MR) is 108 cm³/mol. The highest BCUT2D eigenvalue weighted by atomic mass is 35.5. The summed E-state index contributed by atoms with van der Waals surface area (Å²) in [7, 11) is 0. The average molecular weight is 433 g/mol. The number of hydrogen-bond donors (Lipinski definition) is 3. The second-order valence-electron chi connectivity index (χ2n) is 6.50. The molecule has 0 radical (unpaired) electrons. The van der Waals surface area contributed by atoms with Crippen molar-refractivity contribution < 1.29 is 19.4 Å². The smallest absolute Gasteiger partial charge is 0.333 e. The Kier molecular flexibility index (Phi) is 4.96. The normalized spacial score (nSPS) is 16.4. The first kappa shape index (κ1) is 19.6. The van der Waals surface area contributed by atoms with Gasteiger partial charge in [-0.15, -0.1) is 0 Å². The Morgan fingerprint density at radius 2 is 2.13 bits per heavy atom. The molecule has 0 unspecified atom stereocenters. The van der Waals surface area contributed by atoms with E-state index in [-0.39, 0.29) is 48.0 Å². The van der Waals surface area contributed by atoms with E-state index in [2.05, 4.69) is 10.3 Å². The lowest BCUT2D eigenvalue weighted by molar-refractivity contribution is -0.137. The Morgan fingerprint density at radius 3 is 2.87 bits per heavy atom. The molecular formula is C18H17ClN6O5. The van der Waals surface area contributed by atoms with Crippen LogP contribution in [0.5, 0.6) is 0 Å². The zero-order valence-corrected chi connectivity index (χ0v) is 16.3. The third kappa shape index (κ3) is 3.39. The van der Waals surface area contributed by atoms with Crippen LogP contribution in [0.15, 0.2) is 51.8 Å². The Bertz CT molecular complexity index is 1160. The predicted octanol–water partition coefficient (Wildman–Crippen LogP) is -0.130. The van der Waals surface area contributed by atoms with E-state index in [0.717, 1.165) is 4.57 Å². The number of aliphatic carboxylic acids is 1. The van der Waals surface area contributed by atoms with Crippen LogP contribution in [0.3, 0.4) is 0 Å². The Morgan fingerprint density at radius 1 is 1.33 bits per heavy atom. The van der Waals surface area contributed by atoms with Gasteiger partial charge in [0.25, 0.3) is 5.91 Å². The first-order chi connectivity index (χ1) is 14.4. The van der Waals surface area contributed by atoms with Crippen molar-refractivity contribution in [2.75, 3.05) is 24.7 Å². The summed E-state index contributed by atoms with van der Waals surface area (Å²) in [5.41, 5.74) is 6.38. The molecule has 1 fully saturated rings. The van der Waals surface area contributed by atoms with Gasteiger partial charge in [-0.2, -0.15) is 0 Å². The van der Waals surface area contributed by atoms with Crippen LogP contribution in [0.2, 0.25) is 5.02 Å². The summed E-state index contributed by atoms with van der Waals surface area (Å²) in [5.74, 6) is -1.13. The van der Waals surface area contributed by atoms with Gasteiger partial charge in [0.1, 0.15) is 31.2 Å². The van der Waals surface area contributed by atoms with E-state index < -0.39 is 18.2 Å². The molecule has 2 aliphatic rings. The topological polar surface area (TPSA) is 144 Å². The highest BCUT2D eigenvalue weighted by Gasteiger charge is 2.32. The van der Waals surface area contributed by atoms with Crippen LogP contribution in [0.1, 0.15) is 0 Å². The first-order valence-electron chi connectivity index (χ1n) is 8.89. The number of anilines is 1.